The molecule has 0 unspecified atom stereocenters. The minimum atomic E-state index is -0.647. The summed E-state index contributed by atoms with van der Waals surface area (Å²) >= 11 is 0. The third kappa shape index (κ3) is 3.28. The SMILES string of the molecule is Cc1ccc(NC(N)=O)cc1NC([NH3+])=O. The lowest BCUT2D eigenvalue weighted by molar-refractivity contribution is -0.242. The van der Waals surface area contributed by atoms with Crippen LogP contribution in [0.25, 0.3) is 0 Å². The van der Waals surface area contributed by atoms with Crippen LogP contribution in [0.5, 0.6) is 0 Å². The van der Waals surface area contributed by atoms with Crippen molar-refractivity contribution in [1.29, 1.82) is 0 Å². The molecule has 1 aromatic carbocycles. The number of hydrogen-bond acceptors (Lipinski definition) is 2. The van der Waals surface area contributed by atoms with Crippen LogP contribution in [0.1, 0.15) is 5.56 Å². The highest BCUT2D eigenvalue weighted by Gasteiger charge is 2.05. The van der Waals surface area contributed by atoms with Gasteiger partial charge in [0.05, 0.1) is 5.69 Å². The van der Waals surface area contributed by atoms with Crippen molar-refractivity contribution in [2.24, 2.45) is 5.73 Å². The van der Waals surface area contributed by atoms with Crippen LogP contribution < -0.4 is 22.1 Å². The Balaban J connectivity index is 2.94. The fourth-order valence-electron chi connectivity index (χ4n) is 1.13. The number of amides is 4. The van der Waals surface area contributed by atoms with Crippen LogP contribution in [-0.4, -0.2) is 12.1 Å². The molecule has 6 heteroatoms. The van der Waals surface area contributed by atoms with Crippen LogP contribution in [-0.2, 0) is 0 Å². The summed E-state index contributed by atoms with van der Waals surface area (Å²) in [6.45, 7) is 1.83. The molecule has 0 aliphatic carbocycles. The van der Waals surface area contributed by atoms with E-state index in [2.05, 4.69) is 16.4 Å². The van der Waals surface area contributed by atoms with Gasteiger partial charge in [0.15, 0.2) is 0 Å². The van der Waals surface area contributed by atoms with E-state index in [1.165, 1.54) is 0 Å². The van der Waals surface area contributed by atoms with E-state index in [0.29, 0.717) is 11.4 Å². The molecule has 0 atom stereocenters. The van der Waals surface area contributed by atoms with Crippen LogP contribution in [0.3, 0.4) is 0 Å². The van der Waals surface area contributed by atoms with Gasteiger partial charge in [-0.15, -0.1) is 0 Å². The molecule has 80 valence electrons. The number of carbonyl (C=O) groups is 2. The number of benzene rings is 1. The summed E-state index contributed by atoms with van der Waals surface area (Å²) in [5.74, 6) is 0. The summed E-state index contributed by atoms with van der Waals surface area (Å²) in [4.78, 5) is 21.4. The number of quaternary nitrogens is 1. The summed E-state index contributed by atoms with van der Waals surface area (Å²) in [5.41, 5.74) is 10.2. The van der Waals surface area contributed by atoms with E-state index in [-0.39, 0.29) is 0 Å². The Morgan fingerprint density at radius 2 is 2.00 bits per heavy atom. The van der Waals surface area contributed by atoms with Crippen LogP contribution >= 0.6 is 0 Å². The molecule has 6 nitrogen and oxygen atoms in total. The van der Waals surface area contributed by atoms with Crippen LogP contribution in [0.4, 0.5) is 21.0 Å². The van der Waals surface area contributed by atoms with Crippen LogP contribution in [0.15, 0.2) is 18.2 Å². The first kappa shape index (κ1) is 11.0. The standard InChI is InChI=1S/C9H12N4O2/c1-5-2-3-6(12-8(10)14)4-7(5)13-9(11)15/h2-4H,1H3,(H3,10,12,14)(H3,11,13,15)/p+1. The molecular formula is C9H13N4O2+. The highest BCUT2D eigenvalue weighted by molar-refractivity contribution is 5.90. The summed E-state index contributed by atoms with van der Waals surface area (Å²) in [6, 6.07) is 4.01. The zero-order chi connectivity index (χ0) is 11.4. The van der Waals surface area contributed by atoms with Gasteiger partial charge >= 0.3 is 12.1 Å². The predicted molar refractivity (Wildman–Crippen MR) is 56.3 cm³/mol. The van der Waals surface area contributed by atoms with Crippen molar-refractivity contribution in [3.8, 4) is 0 Å². The second-order valence-corrected chi connectivity index (χ2v) is 3.07. The van der Waals surface area contributed by atoms with Crippen molar-refractivity contribution in [2.45, 2.75) is 6.92 Å². The van der Waals surface area contributed by atoms with E-state index < -0.39 is 12.1 Å². The van der Waals surface area contributed by atoms with Gasteiger partial charge in [-0.25, -0.2) is 9.59 Å². The summed E-state index contributed by atoms with van der Waals surface area (Å²) in [5, 5.41) is 4.96. The average molecular weight is 209 g/mol. The van der Waals surface area contributed by atoms with Gasteiger partial charge < -0.3 is 11.1 Å². The average Bonchev–Trinajstić information content (AvgIpc) is 2.09. The van der Waals surface area contributed by atoms with Crippen molar-refractivity contribution in [1.82, 2.24) is 0 Å². The molecule has 0 radical (unpaired) electrons. The van der Waals surface area contributed by atoms with Gasteiger partial charge in [0.25, 0.3) is 0 Å². The van der Waals surface area contributed by atoms with Gasteiger partial charge in [-0.05, 0) is 24.6 Å². The van der Waals surface area contributed by atoms with E-state index in [1.54, 1.807) is 18.2 Å². The molecule has 1 rings (SSSR count). The van der Waals surface area contributed by atoms with Crippen molar-refractivity contribution >= 4 is 23.4 Å². The molecule has 0 bridgehead atoms. The van der Waals surface area contributed by atoms with Gasteiger partial charge in [-0.3, -0.25) is 11.1 Å². The maximum atomic E-state index is 10.8. The van der Waals surface area contributed by atoms with E-state index in [1.807, 2.05) is 6.92 Å². The first-order valence-corrected chi connectivity index (χ1v) is 4.29. The fraction of sp³-hybridized carbons (Fsp3) is 0.111. The zero-order valence-electron chi connectivity index (χ0n) is 8.33. The van der Waals surface area contributed by atoms with Crippen LogP contribution in [0, 0.1) is 6.92 Å². The number of aryl methyl sites for hydroxylation is 1. The Labute approximate surface area is 86.6 Å². The number of carbonyl (C=O) groups excluding carboxylic acids is 2. The Bertz CT molecular complexity index is 403. The number of anilines is 2. The minimum absolute atomic E-state index is 0.408. The Kier molecular flexibility index (Phi) is 3.25. The van der Waals surface area contributed by atoms with Crippen molar-refractivity contribution < 1.29 is 15.3 Å². The monoisotopic (exact) mass is 209 g/mol. The second-order valence-electron chi connectivity index (χ2n) is 3.07. The molecule has 0 aliphatic heterocycles. The largest absolute Gasteiger partial charge is 0.416 e. The first-order valence-electron chi connectivity index (χ1n) is 4.29. The molecule has 0 saturated carbocycles. The summed E-state index contributed by atoms with van der Waals surface area (Å²) in [7, 11) is 0. The van der Waals surface area contributed by atoms with Crippen molar-refractivity contribution in [3.05, 3.63) is 23.8 Å². The maximum absolute atomic E-state index is 10.8. The Hall–Kier alpha value is -2.08. The molecular weight excluding hydrogens is 196 g/mol. The lowest BCUT2D eigenvalue weighted by Crippen LogP contribution is -2.59. The van der Waals surface area contributed by atoms with Crippen molar-refractivity contribution in [2.75, 3.05) is 10.6 Å². The highest BCUT2D eigenvalue weighted by atomic mass is 16.2. The number of hydrogen-bond donors (Lipinski definition) is 4. The smallest absolute Gasteiger partial charge is 0.351 e. The molecule has 0 aliphatic rings. The minimum Gasteiger partial charge on any atom is -0.351 e. The summed E-state index contributed by atoms with van der Waals surface area (Å²) < 4.78 is 0. The summed E-state index contributed by atoms with van der Waals surface area (Å²) in [6.07, 6.45) is 0. The van der Waals surface area contributed by atoms with Crippen LogP contribution in [0.2, 0.25) is 0 Å². The number of nitrogens with two attached hydrogens (primary N) is 1. The van der Waals surface area contributed by atoms with Gasteiger partial charge in [-0.1, -0.05) is 6.07 Å². The molecule has 1 aromatic rings. The van der Waals surface area contributed by atoms with E-state index in [0.717, 1.165) is 5.56 Å². The molecule has 15 heavy (non-hydrogen) atoms. The normalized spacial score (nSPS) is 9.47. The van der Waals surface area contributed by atoms with E-state index in [9.17, 15) is 9.59 Å². The number of rotatable bonds is 2. The molecule has 0 fully saturated rings. The lowest BCUT2D eigenvalue weighted by atomic mass is 10.2. The van der Waals surface area contributed by atoms with Gasteiger partial charge in [-0.2, -0.15) is 0 Å². The fourth-order valence-corrected chi connectivity index (χ4v) is 1.13. The maximum Gasteiger partial charge on any atom is 0.416 e. The molecule has 0 saturated heterocycles. The van der Waals surface area contributed by atoms with Gasteiger partial charge in [0, 0.05) is 5.69 Å². The topological polar surface area (TPSA) is 112 Å². The zero-order valence-corrected chi connectivity index (χ0v) is 8.33. The van der Waals surface area contributed by atoms with E-state index >= 15 is 0 Å². The highest BCUT2D eigenvalue weighted by Crippen LogP contribution is 2.19. The second kappa shape index (κ2) is 4.43. The predicted octanol–water partition coefficient (Wildman–Crippen LogP) is 0.259. The molecule has 4 amide bonds. The number of primary amides is 1. The number of urea groups is 2. The molecule has 0 heterocycles. The third-order valence-electron chi connectivity index (χ3n) is 1.78. The van der Waals surface area contributed by atoms with E-state index in [4.69, 9.17) is 5.73 Å². The van der Waals surface area contributed by atoms with Gasteiger partial charge in [0.2, 0.25) is 0 Å². The Morgan fingerprint density at radius 3 is 2.53 bits per heavy atom. The molecule has 7 N–H and O–H groups in total. The van der Waals surface area contributed by atoms with Gasteiger partial charge in [0.1, 0.15) is 0 Å². The van der Waals surface area contributed by atoms with Crippen molar-refractivity contribution in [3.63, 3.8) is 0 Å². The Morgan fingerprint density at radius 1 is 1.33 bits per heavy atom. The quantitative estimate of drug-likeness (QED) is 0.560. The number of nitrogens with one attached hydrogen (secondary N) is 2. The molecule has 0 aromatic heterocycles. The lowest BCUT2D eigenvalue weighted by Gasteiger charge is -2.07. The third-order valence-corrected chi connectivity index (χ3v) is 1.78. The molecule has 0 spiro atoms. The first-order chi connectivity index (χ1) is 6.99.